The summed E-state index contributed by atoms with van der Waals surface area (Å²) in [5.41, 5.74) is 1.43. The van der Waals surface area contributed by atoms with Crippen molar-refractivity contribution in [2.45, 2.75) is 50.1 Å². The van der Waals surface area contributed by atoms with Crippen LogP contribution in [0.1, 0.15) is 37.8 Å². The zero-order valence-electron chi connectivity index (χ0n) is 14.3. The highest BCUT2D eigenvalue weighted by Crippen LogP contribution is 2.22. The molecule has 4 nitrogen and oxygen atoms in total. The van der Waals surface area contributed by atoms with Crippen LogP contribution in [0.2, 0.25) is 0 Å². The molecule has 1 aliphatic rings. The molecule has 1 heterocycles. The molecule has 1 N–H and O–H groups in total. The SMILES string of the molecule is Cc1cc(SCC(=O)NC2CCCCC2)nc(-c2cccc(F)c2)n1. The lowest BCUT2D eigenvalue weighted by atomic mass is 9.95. The third-order valence-corrected chi connectivity index (χ3v) is 5.15. The van der Waals surface area contributed by atoms with E-state index in [2.05, 4.69) is 15.3 Å². The fourth-order valence-corrected chi connectivity index (χ4v) is 3.79. The molecule has 0 aliphatic heterocycles. The van der Waals surface area contributed by atoms with Gasteiger partial charge in [-0.2, -0.15) is 0 Å². The molecule has 0 unspecified atom stereocenters. The van der Waals surface area contributed by atoms with Gasteiger partial charge in [0.1, 0.15) is 10.8 Å². The largest absolute Gasteiger partial charge is 0.353 e. The molecule has 6 heteroatoms. The molecule has 2 aromatic rings. The van der Waals surface area contributed by atoms with Gasteiger partial charge in [-0.15, -0.1) is 0 Å². The summed E-state index contributed by atoms with van der Waals surface area (Å²) in [6.07, 6.45) is 5.81. The van der Waals surface area contributed by atoms with Crippen LogP contribution in [-0.4, -0.2) is 27.7 Å². The molecule has 1 aromatic heterocycles. The summed E-state index contributed by atoms with van der Waals surface area (Å²) >= 11 is 1.39. The number of carbonyl (C=O) groups is 1. The van der Waals surface area contributed by atoms with E-state index in [1.165, 1.54) is 43.2 Å². The minimum Gasteiger partial charge on any atom is -0.353 e. The molecule has 0 saturated heterocycles. The molecule has 25 heavy (non-hydrogen) atoms. The molecular formula is C19H22FN3OS. The molecule has 0 bridgehead atoms. The Morgan fingerprint density at radius 3 is 2.80 bits per heavy atom. The molecule has 0 spiro atoms. The maximum atomic E-state index is 13.4. The normalized spacial score (nSPS) is 15.1. The first kappa shape index (κ1) is 17.9. The van der Waals surface area contributed by atoms with Gasteiger partial charge in [-0.1, -0.05) is 43.2 Å². The molecule has 1 aromatic carbocycles. The van der Waals surface area contributed by atoms with Crippen molar-refractivity contribution in [1.82, 2.24) is 15.3 Å². The summed E-state index contributed by atoms with van der Waals surface area (Å²) in [6, 6.07) is 8.39. The summed E-state index contributed by atoms with van der Waals surface area (Å²) in [5.74, 6) is 0.536. The van der Waals surface area contributed by atoms with Crippen molar-refractivity contribution in [2.75, 3.05) is 5.75 Å². The smallest absolute Gasteiger partial charge is 0.230 e. The van der Waals surface area contributed by atoms with Gasteiger partial charge in [0.25, 0.3) is 0 Å². The number of aryl methyl sites for hydroxylation is 1. The Morgan fingerprint density at radius 2 is 2.04 bits per heavy atom. The molecule has 1 fully saturated rings. The highest BCUT2D eigenvalue weighted by atomic mass is 32.2. The van der Waals surface area contributed by atoms with Gasteiger partial charge in [-0.3, -0.25) is 4.79 Å². The van der Waals surface area contributed by atoms with Gasteiger partial charge in [-0.25, -0.2) is 14.4 Å². The zero-order chi connectivity index (χ0) is 17.6. The van der Waals surface area contributed by atoms with Gasteiger partial charge in [-0.05, 0) is 38.0 Å². The predicted octanol–water partition coefficient (Wildman–Crippen LogP) is 4.13. The van der Waals surface area contributed by atoms with Crippen LogP contribution in [0.15, 0.2) is 35.4 Å². The number of benzene rings is 1. The summed E-state index contributed by atoms with van der Waals surface area (Å²) < 4.78 is 13.4. The highest BCUT2D eigenvalue weighted by Gasteiger charge is 2.16. The van der Waals surface area contributed by atoms with Crippen LogP contribution in [0, 0.1) is 12.7 Å². The van der Waals surface area contributed by atoms with Gasteiger partial charge in [0.15, 0.2) is 5.82 Å². The number of hydrogen-bond acceptors (Lipinski definition) is 4. The lowest BCUT2D eigenvalue weighted by molar-refractivity contribution is -0.119. The van der Waals surface area contributed by atoms with Gasteiger partial charge >= 0.3 is 0 Å². The standard InChI is InChI=1S/C19H22FN3OS/c1-13-10-18(23-19(21-13)14-6-5-7-15(20)11-14)25-12-17(24)22-16-8-3-2-4-9-16/h5-7,10-11,16H,2-4,8-9,12H2,1H3,(H,22,24). The lowest BCUT2D eigenvalue weighted by Gasteiger charge is -2.22. The average Bonchev–Trinajstić information content (AvgIpc) is 2.60. The Kier molecular flexibility index (Phi) is 6.02. The number of halogens is 1. The molecule has 3 rings (SSSR count). The second-order valence-corrected chi connectivity index (χ2v) is 7.37. The van der Waals surface area contributed by atoms with Crippen molar-refractivity contribution in [3.8, 4) is 11.4 Å². The molecule has 1 aliphatic carbocycles. The maximum Gasteiger partial charge on any atom is 0.230 e. The molecular weight excluding hydrogens is 337 g/mol. The minimum atomic E-state index is -0.316. The number of nitrogens with one attached hydrogen (secondary N) is 1. The zero-order valence-corrected chi connectivity index (χ0v) is 15.1. The molecule has 0 atom stereocenters. The number of carbonyl (C=O) groups excluding carboxylic acids is 1. The number of rotatable bonds is 5. The first-order chi connectivity index (χ1) is 12.1. The minimum absolute atomic E-state index is 0.0421. The Hall–Kier alpha value is -1.95. The monoisotopic (exact) mass is 359 g/mol. The first-order valence-corrected chi connectivity index (χ1v) is 9.62. The second-order valence-electron chi connectivity index (χ2n) is 6.37. The number of amides is 1. The van der Waals surface area contributed by atoms with Crippen molar-refractivity contribution in [1.29, 1.82) is 0 Å². The van der Waals surface area contributed by atoms with E-state index in [0.717, 1.165) is 23.6 Å². The van der Waals surface area contributed by atoms with Gasteiger partial charge in [0, 0.05) is 17.3 Å². The van der Waals surface area contributed by atoms with Crippen molar-refractivity contribution < 1.29 is 9.18 Å². The Labute approximate surface area is 151 Å². The van der Waals surface area contributed by atoms with Crippen LogP contribution >= 0.6 is 11.8 Å². The van der Waals surface area contributed by atoms with Crippen molar-refractivity contribution in [3.05, 3.63) is 41.8 Å². The van der Waals surface area contributed by atoms with E-state index in [1.807, 2.05) is 13.0 Å². The Balaban J connectivity index is 1.63. The van der Waals surface area contributed by atoms with E-state index in [4.69, 9.17) is 0 Å². The quantitative estimate of drug-likeness (QED) is 0.644. The topological polar surface area (TPSA) is 54.9 Å². The fourth-order valence-electron chi connectivity index (χ4n) is 3.03. The Bertz CT molecular complexity index is 747. The van der Waals surface area contributed by atoms with Gasteiger partial charge in [0.2, 0.25) is 5.91 Å². The second kappa shape index (κ2) is 8.43. The average molecular weight is 359 g/mol. The van der Waals surface area contributed by atoms with E-state index in [9.17, 15) is 9.18 Å². The maximum absolute atomic E-state index is 13.4. The summed E-state index contributed by atoms with van der Waals surface area (Å²) in [6.45, 7) is 1.87. The van der Waals surface area contributed by atoms with Gasteiger partial charge < -0.3 is 5.32 Å². The van der Waals surface area contributed by atoms with Crippen LogP contribution in [0.3, 0.4) is 0 Å². The van der Waals surface area contributed by atoms with Gasteiger partial charge in [0.05, 0.1) is 5.75 Å². The van der Waals surface area contributed by atoms with E-state index in [1.54, 1.807) is 12.1 Å². The van der Waals surface area contributed by atoms with Crippen LogP contribution in [0.25, 0.3) is 11.4 Å². The first-order valence-electron chi connectivity index (χ1n) is 8.64. The highest BCUT2D eigenvalue weighted by molar-refractivity contribution is 7.99. The number of aromatic nitrogens is 2. The number of nitrogens with zero attached hydrogens (tertiary/aromatic N) is 2. The van der Waals surface area contributed by atoms with E-state index >= 15 is 0 Å². The molecule has 1 saturated carbocycles. The Morgan fingerprint density at radius 1 is 1.24 bits per heavy atom. The number of thioether (sulfide) groups is 1. The van der Waals surface area contributed by atoms with Crippen molar-refractivity contribution in [2.24, 2.45) is 0 Å². The molecule has 1 amide bonds. The van der Waals surface area contributed by atoms with Crippen LogP contribution < -0.4 is 5.32 Å². The van der Waals surface area contributed by atoms with Crippen LogP contribution in [0.4, 0.5) is 4.39 Å². The lowest BCUT2D eigenvalue weighted by Crippen LogP contribution is -2.37. The van der Waals surface area contributed by atoms with Crippen LogP contribution in [0.5, 0.6) is 0 Å². The van der Waals surface area contributed by atoms with Crippen molar-refractivity contribution in [3.63, 3.8) is 0 Å². The third kappa shape index (κ3) is 5.26. The third-order valence-electron chi connectivity index (χ3n) is 4.23. The van der Waals surface area contributed by atoms with Crippen LogP contribution in [-0.2, 0) is 4.79 Å². The fraction of sp³-hybridized carbons (Fsp3) is 0.421. The van der Waals surface area contributed by atoms with Crippen molar-refractivity contribution >= 4 is 17.7 Å². The predicted molar refractivity (Wildman–Crippen MR) is 97.9 cm³/mol. The van der Waals surface area contributed by atoms with E-state index in [-0.39, 0.29) is 11.7 Å². The molecule has 132 valence electrons. The summed E-state index contributed by atoms with van der Waals surface area (Å²) in [5, 5.41) is 3.83. The summed E-state index contributed by atoms with van der Waals surface area (Å²) in [4.78, 5) is 21.0. The number of hydrogen-bond donors (Lipinski definition) is 1. The van der Waals surface area contributed by atoms with E-state index in [0.29, 0.717) is 23.2 Å². The molecule has 0 radical (unpaired) electrons. The summed E-state index contributed by atoms with van der Waals surface area (Å²) in [7, 11) is 0. The van der Waals surface area contributed by atoms with E-state index < -0.39 is 0 Å².